The van der Waals surface area contributed by atoms with E-state index in [4.69, 9.17) is 0 Å². The highest BCUT2D eigenvalue weighted by Gasteiger charge is 1.99. The summed E-state index contributed by atoms with van der Waals surface area (Å²) in [5.41, 5.74) is 2.90. The van der Waals surface area contributed by atoms with Crippen molar-refractivity contribution in [3.8, 4) is 0 Å². The lowest BCUT2D eigenvalue weighted by Gasteiger charge is -2.10. The van der Waals surface area contributed by atoms with E-state index < -0.39 is 0 Å². The molecule has 1 heterocycles. The molecular formula is C5H10N4S. The Balaban J connectivity index is 2.25. The average molecular weight is 158 g/mol. The van der Waals surface area contributed by atoms with E-state index in [0.29, 0.717) is 0 Å². The predicted molar refractivity (Wildman–Crippen MR) is 43.9 cm³/mol. The quantitative estimate of drug-likeness (QED) is 0.359. The second kappa shape index (κ2) is 3.36. The van der Waals surface area contributed by atoms with Crippen LogP contribution in [0.5, 0.6) is 0 Å². The topological polar surface area (TPSA) is 30.9 Å². The van der Waals surface area contributed by atoms with Crippen molar-refractivity contribution >= 4 is 18.3 Å². The maximum Gasteiger partial charge on any atom is 0.114 e. The number of nitrogens with zero attached hydrogens (tertiary/aromatic N) is 3. The first-order chi connectivity index (χ1) is 4.79. The zero-order chi connectivity index (χ0) is 7.40. The highest BCUT2D eigenvalue weighted by atomic mass is 32.2. The van der Waals surface area contributed by atoms with Gasteiger partial charge in [0.15, 0.2) is 0 Å². The van der Waals surface area contributed by atoms with Crippen LogP contribution in [0.25, 0.3) is 0 Å². The Labute approximate surface area is 64.7 Å². The van der Waals surface area contributed by atoms with Gasteiger partial charge in [-0.05, 0) is 0 Å². The van der Waals surface area contributed by atoms with Gasteiger partial charge in [0.25, 0.3) is 0 Å². The molecule has 56 valence electrons. The Morgan fingerprint density at radius 2 is 2.50 bits per heavy atom. The molecule has 0 saturated carbocycles. The van der Waals surface area contributed by atoms with E-state index in [1.54, 1.807) is 10.9 Å². The van der Waals surface area contributed by atoms with Gasteiger partial charge in [0.1, 0.15) is 6.34 Å². The molecule has 0 saturated heterocycles. The van der Waals surface area contributed by atoms with Gasteiger partial charge in [-0.2, -0.15) is 0 Å². The van der Waals surface area contributed by atoms with Gasteiger partial charge in [-0.1, -0.05) is 0 Å². The van der Waals surface area contributed by atoms with E-state index in [0.717, 1.165) is 0 Å². The summed E-state index contributed by atoms with van der Waals surface area (Å²) in [6.07, 6.45) is 3.56. The summed E-state index contributed by atoms with van der Waals surface area (Å²) >= 11 is 1.50. The molecule has 0 spiro atoms. The van der Waals surface area contributed by atoms with Gasteiger partial charge in [0.05, 0.1) is 0 Å². The molecule has 5 heteroatoms. The third kappa shape index (κ3) is 2.18. The summed E-state index contributed by atoms with van der Waals surface area (Å²) < 4.78 is 1.67. The van der Waals surface area contributed by atoms with Crippen molar-refractivity contribution in [2.24, 2.45) is 5.10 Å². The molecule has 0 bridgehead atoms. The summed E-state index contributed by atoms with van der Waals surface area (Å²) in [5, 5.41) is 5.97. The lowest BCUT2D eigenvalue weighted by molar-refractivity contribution is 0.438. The lowest BCUT2D eigenvalue weighted by atomic mass is 11.0. The molecule has 0 amide bonds. The molecule has 1 rings (SSSR count). The van der Waals surface area contributed by atoms with Crippen molar-refractivity contribution in [2.45, 2.75) is 0 Å². The molecule has 1 aliphatic heterocycles. The van der Waals surface area contributed by atoms with Crippen LogP contribution in [0.2, 0.25) is 0 Å². The van der Waals surface area contributed by atoms with Gasteiger partial charge >= 0.3 is 0 Å². The second-order valence-corrected chi connectivity index (χ2v) is 2.83. The van der Waals surface area contributed by atoms with E-state index in [1.807, 2.05) is 30.6 Å². The van der Waals surface area contributed by atoms with Crippen LogP contribution < -0.4 is 5.43 Å². The van der Waals surface area contributed by atoms with Crippen LogP contribution in [0.3, 0.4) is 0 Å². The molecule has 0 aromatic rings. The minimum absolute atomic E-state index is 1.50. The van der Waals surface area contributed by atoms with Crippen LogP contribution in [-0.4, -0.2) is 29.9 Å². The zero-order valence-electron chi connectivity index (χ0n) is 5.98. The first kappa shape index (κ1) is 7.27. The number of hydrazone groups is 1. The summed E-state index contributed by atoms with van der Waals surface area (Å²) in [5.74, 6) is 0. The molecular weight excluding hydrogens is 148 g/mol. The Bertz CT molecular complexity index is 146. The summed E-state index contributed by atoms with van der Waals surface area (Å²) in [6.45, 7) is 0. The molecule has 0 unspecified atom stereocenters. The number of nitrogens with one attached hydrogen (secondary N) is 1. The molecule has 0 fully saturated rings. The maximum atomic E-state index is 4.05. The molecule has 0 atom stereocenters. The molecule has 1 N–H and O–H groups in total. The Hall–Kier alpha value is -0.840. The van der Waals surface area contributed by atoms with Gasteiger partial charge < -0.3 is 4.90 Å². The van der Waals surface area contributed by atoms with Gasteiger partial charge in [-0.15, -0.1) is 9.62 Å². The monoisotopic (exact) mass is 158 g/mol. The normalized spacial score (nSPS) is 16.4. The van der Waals surface area contributed by atoms with Crippen molar-refractivity contribution < 1.29 is 0 Å². The minimum Gasteiger partial charge on any atom is -0.367 e. The minimum atomic E-state index is 1.50. The number of hydrogen-bond donors (Lipinski definition) is 1. The fourth-order valence-corrected chi connectivity index (χ4v) is 0.879. The van der Waals surface area contributed by atoms with Gasteiger partial charge in [-0.3, -0.25) is 5.43 Å². The van der Waals surface area contributed by atoms with E-state index in [2.05, 4.69) is 10.5 Å². The first-order valence-electron chi connectivity index (χ1n) is 2.87. The second-order valence-electron chi connectivity index (χ2n) is 2.00. The van der Waals surface area contributed by atoms with Crippen molar-refractivity contribution in [1.82, 2.24) is 14.8 Å². The number of hydrogen-bond acceptors (Lipinski definition) is 4. The van der Waals surface area contributed by atoms with Crippen LogP contribution in [-0.2, 0) is 0 Å². The van der Waals surface area contributed by atoms with Crippen molar-refractivity contribution in [2.75, 3.05) is 14.1 Å². The van der Waals surface area contributed by atoms with E-state index in [-0.39, 0.29) is 0 Å². The first-order valence-corrected chi connectivity index (χ1v) is 3.71. The maximum absolute atomic E-state index is 4.05. The molecule has 4 nitrogen and oxygen atoms in total. The van der Waals surface area contributed by atoms with Crippen LogP contribution in [0.4, 0.5) is 0 Å². The summed E-state index contributed by atoms with van der Waals surface area (Å²) in [4.78, 5) is 1.88. The summed E-state index contributed by atoms with van der Waals surface area (Å²) in [6, 6.07) is 0. The zero-order valence-corrected chi connectivity index (χ0v) is 6.80. The van der Waals surface area contributed by atoms with Crippen LogP contribution in [0, 0.1) is 0 Å². The Kier molecular flexibility index (Phi) is 2.44. The van der Waals surface area contributed by atoms with Crippen molar-refractivity contribution in [3.05, 3.63) is 11.6 Å². The number of rotatable bonds is 2. The Morgan fingerprint density at radius 1 is 1.70 bits per heavy atom. The predicted octanol–water partition coefficient (Wildman–Crippen LogP) is 0.431. The van der Waals surface area contributed by atoms with Crippen LogP contribution in [0.15, 0.2) is 16.7 Å². The molecule has 0 radical (unpaired) electrons. The van der Waals surface area contributed by atoms with Gasteiger partial charge in [0, 0.05) is 37.7 Å². The lowest BCUT2D eigenvalue weighted by Crippen LogP contribution is -2.19. The largest absolute Gasteiger partial charge is 0.367 e. The fraction of sp³-hybridized carbons (Fsp3) is 0.400. The SMILES string of the molecule is CN(C)/C=N/N1NC=CS1. The van der Waals surface area contributed by atoms with Gasteiger partial charge in [0.2, 0.25) is 0 Å². The van der Waals surface area contributed by atoms with Crippen LogP contribution >= 0.6 is 11.9 Å². The van der Waals surface area contributed by atoms with Gasteiger partial charge in [-0.25, -0.2) is 0 Å². The third-order valence-corrected chi connectivity index (χ3v) is 1.46. The van der Waals surface area contributed by atoms with E-state index in [1.165, 1.54) is 11.9 Å². The Morgan fingerprint density at radius 3 is 3.00 bits per heavy atom. The van der Waals surface area contributed by atoms with Crippen molar-refractivity contribution in [3.63, 3.8) is 0 Å². The number of hydrazine groups is 1. The van der Waals surface area contributed by atoms with E-state index >= 15 is 0 Å². The van der Waals surface area contributed by atoms with E-state index in [9.17, 15) is 0 Å². The molecule has 1 aliphatic rings. The van der Waals surface area contributed by atoms with Crippen LogP contribution in [0.1, 0.15) is 0 Å². The summed E-state index contributed by atoms with van der Waals surface area (Å²) in [7, 11) is 3.86. The highest BCUT2D eigenvalue weighted by Crippen LogP contribution is 2.12. The molecule has 10 heavy (non-hydrogen) atoms. The third-order valence-electron chi connectivity index (χ3n) is 0.801. The van der Waals surface area contributed by atoms with Crippen molar-refractivity contribution in [1.29, 1.82) is 0 Å². The molecule has 0 aromatic heterocycles. The standard InChI is InChI=1S/C5H10N4S/c1-8(2)5-7-9-6-3-4-10-9/h3-6H,1-2H3/b7-5+. The molecule has 0 aromatic carbocycles. The highest BCUT2D eigenvalue weighted by molar-refractivity contribution is 8.00. The molecule has 0 aliphatic carbocycles. The fourth-order valence-electron chi connectivity index (χ4n) is 0.423. The average Bonchev–Trinajstić information content (AvgIpc) is 2.34. The smallest absolute Gasteiger partial charge is 0.114 e.